The molecule has 2 rings (SSSR count). The molecule has 0 saturated heterocycles. The second kappa shape index (κ2) is 7.83. The summed E-state index contributed by atoms with van der Waals surface area (Å²) in [6.07, 6.45) is 1.05. The Morgan fingerprint density at radius 1 is 1.10 bits per heavy atom. The van der Waals surface area contributed by atoms with Crippen molar-refractivity contribution >= 4 is 44.9 Å². The van der Waals surface area contributed by atoms with Crippen molar-refractivity contribution in [2.45, 2.75) is 12.8 Å². The van der Waals surface area contributed by atoms with Crippen LogP contribution in [-0.4, -0.2) is 12.4 Å². The molecule has 0 N–H and O–H groups in total. The first kappa shape index (κ1) is 16.3. The van der Waals surface area contributed by atoms with Crippen LogP contribution in [0.4, 0.5) is 0 Å². The Morgan fingerprint density at radius 3 is 2.52 bits per heavy atom. The Bertz CT molecular complexity index is 627. The van der Waals surface area contributed by atoms with Gasteiger partial charge in [-0.25, -0.2) is 0 Å². The van der Waals surface area contributed by atoms with Crippen LogP contribution < -0.4 is 4.74 Å². The molecule has 2 aromatic carbocycles. The molecule has 0 saturated carbocycles. The summed E-state index contributed by atoms with van der Waals surface area (Å²) < 4.78 is 6.50. The van der Waals surface area contributed by atoms with E-state index in [2.05, 4.69) is 15.9 Å². The van der Waals surface area contributed by atoms with E-state index in [1.165, 1.54) is 0 Å². The Kier molecular flexibility index (Phi) is 6.09. The number of hydrogen-bond donors (Lipinski definition) is 0. The second-order valence-electron chi connectivity index (χ2n) is 4.43. The summed E-state index contributed by atoms with van der Waals surface area (Å²) in [6.45, 7) is 0.419. The fraction of sp³-hybridized carbons (Fsp3) is 0.188. The molecule has 5 heteroatoms. The van der Waals surface area contributed by atoms with Crippen molar-refractivity contribution in [1.29, 1.82) is 0 Å². The summed E-state index contributed by atoms with van der Waals surface area (Å²) in [7, 11) is 0. The van der Waals surface area contributed by atoms with Crippen LogP contribution in [0.1, 0.15) is 23.2 Å². The fourth-order valence-electron chi connectivity index (χ4n) is 1.79. The number of ether oxygens (including phenoxy) is 1. The minimum Gasteiger partial charge on any atom is -0.492 e. The van der Waals surface area contributed by atoms with Gasteiger partial charge in [0.25, 0.3) is 0 Å². The zero-order valence-corrected chi connectivity index (χ0v) is 14.2. The Labute approximate surface area is 142 Å². The first-order valence-electron chi connectivity index (χ1n) is 6.43. The summed E-state index contributed by atoms with van der Waals surface area (Å²) in [5, 5.41) is 0.860. The maximum Gasteiger partial charge on any atom is 0.163 e. The van der Waals surface area contributed by atoms with Gasteiger partial charge in [0.2, 0.25) is 0 Å². The number of carbonyl (C=O) groups is 1. The van der Waals surface area contributed by atoms with E-state index in [0.29, 0.717) is 40.8 Å². The topological polar surface area (TPSA) is 26.3 Å². The van der Waals surface area contributed by atoms with E-state index in [9.17, 15) is 4.79 Å². The molecule has 0 aliphatic heterocycles. The maximum absolute atomic E-state index is 12.0. The molecule has 0 bridgehead atoms. The number of halogens is 3. The first-order chi connectivity index (χ1) is 10.1. The Morgan fingerprint density at radius 2 is 1.81 bits per heavy atom. The minimum atomic E-state index is 0.100. The van der Waals surface area contributed by atoms with Gasteiger partial charge < -0.3 is 4.74 Å². The molecular weight excluding hydrogens is 375 g/mol. The maximum atomic E-state index is 12.0. The summed E-state index contributed by atoms with van der Waals surface area (Å²) >= 11 is 15.3. The number of carbonyl (C=O) groups excluding carboxylic acids is 1. The second-order valence-corrected chi connectivity index (χ2v) is 6.13. The summed E-state index contributed by atoms with van der Waals surface area (Å²) in [5.41, 5.74) is 0.707. The van der Waals surface area contributed by atoms with E-state index in [1.807, 2.05) is 12.1 Å². The van der Waals surface area contributed by atoms with Crippen LogP contribution in [0.25, 0.3) is 0 Å². The van der Waals surface area contributed by atoms with Gasteiger partial charge in [0.05, 0.1) is 11.6 Å². The lowest BCUT2D eigenvalue weighted by Gasteiger charge is -2.08. The van der Waals surface area contributed by atoms with E-state index in [4.69, 9.17) is 27.9 Å². The van der Waals surface area contributed by atoms with Crippen molar-refractivity contribution in [3.05, 3.63) is 62.5 Å². The van der Waals surface area contributed by atoms with Crippen molar-refractivity contribution in [2.75, 3.05) is 6.61 Å². The van der Waals surface area contributed by atoms with Gasteiger partial charge in [-0.05, 0) is 30.7 Å². The van der Waals surface area contributed by atoms with Crippen LogP contribution in [0.3, 0.4) is 0 Å². The molecule has 2 nitrogen and oxygen atoms in total. The molecule has 0 unspecified atom stereocenters. The van der Waals surface area contributed by atoms with Gasteiger partial charge >= 0.3 is 0 Å². The van der Waals surface area contributed by atoms with E-state index in [-0.39, 0.29) is 5.78 Å². The van der Waals surface area contributed by atoms with Gasteiger partial charge in [-0.15, -0.1) is 0 Å². The zero-order chi connectivity index (χ0) is 15.2. The third-order valence-corrected chi connectivity index (χ3v) is 4.22. The monoisotopic (exact) mass is 386 g/mol. The first-order valence-corrected chi connectivity index (χ1v) is 7.98. The van der Waals surface area contributed by atoms with Crippen molar-refractivity contribution in [1.82, 2.24) is 0 Å². The van der Waals surface area contributed by atoms with E-state index in [1.54, 1.807) is 30.3 Å². The molecular formula is C16H13BrCl2O2. The molecule has 110 valence electrons. The minimum absolute atomic E-state index is 0.100. The Hall–Kier alpha value is -1.03. The molecule has 0 aliphatic carbocycles. The van der Waals surface area contributed by atoms with Gasteiger partial charge in [0.1, 0.15) is 10.8 Å². The predicted molar refractivity (Wildman–Crippen MR) is 89.7 cm³/mol. The Balaban J connectivity index is 1.80. The quantitative estimate of drug-likeness (QED) is 0.462. The van der Waals surface area contributed by atoms with Crippen molar-refractivity contribution in [3.63, 3.8) is 0 Å². The predicted octanol–water partition coefficient (Wildman–Crippen LogP) is 5.80. The van der Waals surface area contributed by atoms with Crippen LogP contribution in [0.15, 0.2) is 46.9 Å². The van der Waals surface area contributed by atoms with Crippen molar-refractivity contribution < 1.29 is 9.53 Å². The average molecular weight is 388 g/mol. The van der Waals surface area contributed by atoms with Gasteiger partial charge in [-0.3, -0.25) is 4.79 Å². The number of Topliss-reactive ketones (excluding diaryl/α,β-unsaturated/α-hetero) is 1. The standard InChI is InChI=1S/C16H13BrCl2O2/c17-12-8-6-11(7-9-12)14(20)4-2-10-21-15-5-1-3-13(18)16(15)19/h1,3,5-9H,2,4,10H2. The lowest BCUT2D eigenvalue weighted by atomic mass is 10.1. The van der Waals surface area contributed by atoms with Crippen LogP contribution in [0, 0.1) is 0 Å². The molecule has 0 spiro atoms. The number of benzene rings is 2. The third kappa shape index (κ3) is 4.73. The highest BCUT2D eigenvalue weighted by Gasteiger charge is 2.07. The highest BCUT2D eigenvalue weighted by molar-refractivity contribution is 9.10. The molecule has 0 fully saturated rings. The van der Waals surface area contributed by atoms with E-state index < -0.39 is 0 Å². The zero-order valence-electron chi connectivity index (χ0n) is 11.1. The summed E-state index contributed by atoms with van der Waals surface area (Å²) in [5.74, 6) is 0.642. The van der Waals surface area contributed by atoms with Crippen LogP contribution >= 0.6 is 39.1 Å². The largest absolute Gasteiger partial charge is 0.492 e. The molecule has 0 atom stereocenters. The van der Waals surface area contributed by atoms with Crippen molar-refractivity contribution in [3.8, 4) is 5.75 Å². The molecule has 21 heavy (non-hydrogen) atoms. The number of ketones is 1. The lowest BCUT2D eigenvalue weighted by Crippen LogP contribution is -2.04. The molecule has 2 aromatic rings. The van der Waals surface area contributed by atoms with Gasteiger partial charge in [-0.2, -0.15) is 0 Å². The van der Waals surface area contributed by atoms with Crippen LogP contribution in [0.2, 0.25) is 10.0 Å². The van der Waals surface area contributed by atoms with Gasteiger partial charge in [0.15, 0.2) is 5.78 Å². The SMILES string of the molecule is O=C(CCCOc1cccc(Cl)c1Cl)c1ccc(Br)cc1. The highest BCUT2D eigenvalue weighted by Crippen LogP contribution is 2.31. The number of rotatable bonds is 6. The van der Waals surface area contributed by atoms with Gasteiger partial charge in [0, 0.05) is 16.5 Å². The van der Waals surface area contributed by atoms with Gasteiger partial charge in [-0.1, -0.05) is 57.3 Å². The smallest absolute Gasteiger partial charge is 0.163 e. The molecule has 0 aromatic heterocycles. The lowest BCUT2D eigenvalue weighted by molar-refractivity contribution is 0.0973. The highest BCUT2D eigenvalue weighted by atomic mass is 79.9. The fourth-order valence-corrected chi connectivity index (χ4v) is 2.40. The third-order valence-electron chi connectivity index (χ3n) is 2.89. The van der Waals surface area contributed by atoms with Crippen molar-refractivity contribution in [2.24, 2.45) is 0 Å². The van der Waals surface area contributed by atoms with E-state index >= 15 is 0 Å². The molecule has 0 amide bonds. The average Bonchev–Trinajstić information content (AvgIpc) is 2.48. The molecule has 0 heterocycles. The van der Waals surface area contributed by atoms with Crippen LogP contribution in [-0.2, 0) is 0 Å². The molecule has 0 aliphatic rings. The summed E-state index contributed by atoms with van der Waals surface area (Å²) in [6, 6.07) is 12.6. The number of hydrogen-bond acceptors (Lipinski definition) is 2. The van der Waals surface area contributed by atoms with E-state index in [0.717, 1.165) is 4.47 Å². The summed E-state index contributed by atoms with van der Waals surface area (Å²) in [4.78, 5) is 12.0. The normalized spacial score (nSPS) is 10.4. The molecule has 0 radical (unpaired) electrons. The van der Waals surface area contributed by atoms with Crippen LogP contribution in [0.5, 0.6) is 5.75 Å².